The van der Waals surface area contributed by atoms with E-state index in [-0.39, 0.29) is 11.4 Å². The number of nitrogens with one attached hydrogen (secondary N) is 1. The summed E-state index contributed by atoms with van der Waals surface area (Å²) in [6.07, 6.45) is 3.02. The van der Waals surface area contributed by atoms with Gasteiger partial charge in [-0.05, 0) is 25.1 Å². The molecule has 0 fully saturated rings. The van der Waals surface area contributed by atoms with Crippen molar-refractivity contribution in [2.24, 2.45) is 12.8 Å². The van der Waals surface area contributed by atoms with Gasteiger partial charge in [-0.3, -0.25) is 9.71 Å². The van der Waals surface area contributed by atoms with Gasteiger partial charge in [-0.25, -0.2) is 8.42 Å². The maximum absolute atomic E-state index is 12.2. The summed E-state index contributed by atoms with van der Waals surface area (Å²) in [6, 6.07) is 4.98. The van der Waals surface area contributed by atoms with Crippen LogP contribution < -0.4 is 10.5 Å². The average Bonchev–Trinajstić information content (AvgIpc) is 2.74. The fourth-order valence-electron chi connectivity index (χ4n) is 1.67. The van der Waals surface area contributed by atoms with Gasteiger partial charge in [-0.1, -0.05) is 0 Å². The first kappa shape index (κ1) is 13.6. The Balaban J connectivity index is 2.29. The first-order valence-electron chi connectivity index (χ1n) is 5.73. The van der Waals surface area contributed by atoms with Gasteiger partial charge in [-0.15, -0.1) is 0 Å². The van der Waals surface area contributed by atoms with Crippen LogP contribution in [0.5, 0.6) is 0 Å². The molecule has 0 radical (unpaired) electrons. The van der Waals surface area contributed by atoms with Crippen molar-refractivity contribution in [1.29, 1.82) is 0 Å². The van der Waals surface area contributed by atoms with E-state index in [2.05, 4.69) is 9.71 Å². The largest absolute Gasteiger partial charge is 0.352 e. The summed E-state index contributed by atoms with van der Waals surface area (Å²) < 4.78 is 28.5. The van der Waals surface area contributed by atoms with E-state index in [1.165, 1.54) is 12.4 Å². The maximum Gasteiger partial charge on any atom is 0.263 e. The number of anilines is 1. The standard InChI is InChI=1S/C12H16N4O2S/c1-9-3-4-10(7-14-9)15-19(17,18)12-5-11(6-13)16(2)8-12/h3-5,7-8,15H,6,13H2,1-2H3. The lowest BCUT2D eigenvalue weighted by Gasteiger charge is -2.05. The zero-order valence-corrected chi connectivity index (χ0v) is 11.6. The Labute approximate surface area is 112 Å². The van der Waals surface area contributed by atoms with Crippen molar-refractivity contribution in [3.63, 3.8) is 0 Å². The van der Waals surface area contributed by atoms with Crippen LogP contribution in [0.2, 0.25) is 0 Å². The van der Waals surface area contributed by atoms with Gasteiger partial charge in [0.2, 0.25) is 0 Å². The molecule has 3 N–H and O–H groups in total. The Kier molecular flexibility index (Phi) is 3.59. The SMILES string of the molecule is Cc1ccc(NS(=O)(=O)c2cc(CN)n(C)c2)cn1. The molecular formula is C12H16N4O2S. The van der Waals surface area contributed by atoms with Crippen LogP contribution in [0, 0.1) is 6.92 Å². The van der Waals surface area contributed by atoms with Gasteiger partial charge in [0, 0.05) is 31.2 Å². The second-order valence-corrected chi connectivity index (χ2v) is 5.96. The van der Waals surface area contributed by atoms with Crippen molar-refractivity contribution in [3.05, 3.63) is 42.0 Å². The number of hydrogen-bond acceptors (Lipinski definition) is 4. The van der Waals surface area contributed by atoms with E-state index < -0.39 is 10.0 Å². The second-order valence-electron chi connectivity index (χ2n) is 4.28. The Hall–Kier alpha value is -1.86. The molecule has 0 saturated heterocycles. The molecule has 0 amide bonds. The predicted molar refractivity (Wildman–Crippen MR) is 73.1 cm³/mol. The summed E-state index contributed by atoms with van der Waals surface area (Å²) in [5.74, 6) is 0. The van der Waals surface area contributed by atoms with E-state index in [9.17, 15) is 8.42 Å². The number of aromatic nitrogens is 2. The molecule has 2 heterocycles. The van der Waals surface area contributed by atoms with Gasteiger partial charge in [-0.2, -0.15) is 0 Å². The molecule has 0 aliphatic carbocycles. The minimum Gasteiger partial charge on any atom is -0.352 e. The summed E-state index contributed by atoms with van der Waals surface area (Å²) in [5.41, 5.74) is 7.54. The van der Waals surface area contributed by atoms with Crippen molar-refractivity contribution >= 4 is 15.7 Å². The summed E-state index contributed by atoms with van der Waals surface area (Å²) in [6.45, 7) is 2.13. The summed E-state index contributed by atoms with van der Waals surface area (Å²) >= 11 is 0. The first-order valence-corrected chi connectivity index (χ1v) is 7.21. The lowest BCUT2D eigenvalue weighted by Crippen LogP contribution is -2.12. The highest BCUT2D eigenvalue weighted by Gasteiger charge is 2.17. The minimum atomic E-state index is -3.60. The van der Waals surface area contributed by atoms with Crippen LogP contribution >= 0.6 is 0 Å². The smallest absolute Gasteiger partial charge is 0.263 e. The number of nitrogens with two attached hydrogens (primary N) is 1. The van der Waals surface area contributed by atoms with Crippen molar-refractivity contribution < 1.29 is 8.42 Å². The predicted octanol–water partition coefficient (Wildman–Crippen LogP) is 0.988. The second kappa shape index (κ2) is 5.02. The average molecular weight is 280 g/mol. The fourth-order valence-corrected chi connectivity index (χ4v) is 2.81. The molecule has 0 unspecified atom stereocenters. The molecule has 0 saturated carbocycles. The van der Waals surface area contributed by atoms with Crippen LogP contribution in [-0.4, -0.2) is 18.0 Å². The Morgan fingerprint density at radius 3 is 2.68 bits per heavy atom. The fraction of sp³-hybridized carbons (Fsp3) is 0.250. The summed E-state index contributed by atoms with van der Waals surface area (Å²) in [4.78, 5) is 4.23. The third kappa shape index (κ3) is 2.94. The number of aryl methyl sites for hydroxylation is 2. The van der Waals surface area contributed by atoms with Gasteiger partial charge in [0.25, 0.3) is 10.0 Å². The molecule has 2 aromatic rings. The van der Waals surface area contributed by atoms with E-state index >= 15 is 0 Å². The molecule has 0 bridgehead atoms. The highest BCUT2D eigenvalue weighted by atomic mass is 32.2. The Bertz CT molecular complexity index is 674. The van der Waals surface area contributed by atoms with Gasteiger partial charge < -0.3 is 10.3 Å². The Morgan fingerprint density at radius 2 is 2.16 bits per heavy atom. The zero-order valence-electron chi connectivity index (χ0n) is 10.8. The van der Waals surface area contributed by atoms with E-state index in [0.29, 0.717) is 5.69 Å². The number of hydrogen-bond donors (Lipinski definition) is 2. The molecule has 0 aliphatic heterocycles. The topological polar surface area (TPSA) is 90.0 Å². The van der Waals surface area contributed by atoms with E-state index in [0.717, 1.165) is 11.4 Å². The summed E-state index contributed by atoms with van der Waals surface area (Å²) in [7, 11) is -1.85. The van der Waals surface area contributed by atoms with Crippen molar-refractivity contribution in [3.8, 4) is 0 Å². The van der Waals surface area contributed by atoms with Crippen LogP contribution in [0.1, 0.15) is 11.4 Å². The molecule has 102 valence electrons. The van der Waals surface area contributed by atoms with Gasteiger partial charge in [0.05, 0.1) is 11.9 Å². The molecule has 6 nitrogen and oxygen atoms in total. The zero-order chi connectivity index (χ0) is 14.0. The summed E-state index contributed by atoms with van der Waals surface area (Å²) in [5, 5.41) is 0. The van der Waals surface area contributed by atoms with Crippen LogP contribution in [0.15, 0.2) is 35.5 Å². The lowest BCUT2D eigenvalue weighted by atomic mass is 10.4. The van der Waals surface area contributed by atoms with Gasteiger partial charge in [0.1, 0.15) is 4.90 Å². The van der Waals surface area contributed by atoms with Crippen molar-refractivity contribution in [2.45, 2.75) is 18.4 Å². The van der Waals surface area contributed by atoms with E-state index in [4.69, 9.17) is 5.73 Å². The molecule has 0 spiro atoms. The third-order valence-electron chi connectivity index (χ3n) is 2.77. The molecule has 0 atom stereocenters. The van der Waals surface area contributed by atoms with Crippen LogP contribution in [0.4, 0.5) is 5.69 Å². The molecule has 0 aliphatic rings. The van der Waals surface area contributed by atoms with Crippen LogP contribution in [0.25, 0.3) is 0 Å². The highest BCUT2D eigenvalue weighted by molar-refractivity contribution is 7.92. The number of nitrogens with zero attached hydrogens (tertiary/aromatic N) is 2. The van der Waals surface area contributed by atoms with Gasteiger partial charge in [0.15, 0.2) is 0 Å². The molecule has 19 heavy (non-hydrogen) atoms. The first-order chi connectivity index (χ1) is 8.92. The Morgan fingerprint density at radius 1 is 1.42 bits per heavy atom. The highest BCUT2D eigenvalue weighted by Crippen LogP contribution is 2.17. The minimum absolute atomic E-state index is 0.191. The molecule has 2 aromatic heterocycles. The molecule has 2 rings (SSSR count). The van der Waals surface area contributed by atoms with E-state index in [1.807, 2.05) is 6.92 Å². The van der Waals surface area contributed by atoms with Crippen LogP contribution in [-0.2, 0) is 23.6 Å². The monoisotopic (exact) mass is 280 g/mol. The normalized spacial score (nSPS) is 11.5. The van der Waals surface area contributed by atoms with Gasteiger partial charge >= 0.3 is 0 Å². The quantitative estimate of drug-likeness (QED) is 0.873. The number of sulfonamides is 1. The number of pyridine rings is 1. The lowest BCUT2D eigenvalue weighted by molar-refractivity contribution is 0.601. The van der Waals surface area contributed by atoms with Crippen LogP contribution in [0.3, 0.4) is 0 Å². The number of rotatable bonds is 4. The van der Waals surface area contributed by atoms with Crippen molar-refractivity contribution in [1.82, 2.24) is 9.55 Å². The molecule has 7 heteroatoms. The molecular weight excluding hydrogens is 264 g/mol. The van der Waals surface area contributed by atoms with Crippen molar-refractivity contribution in [2.75, 3.05) is 4.72 Å². The third-order valence-corrected chi connectivity index (χ3v) is 4.11. The maximum atomic E-state index is 12.2. The molecule has 0 aromatic carbocycles. The van der Waals surface area contributed by atoms with E-state index in [1.54, 1.807) is 29.8 Å².